The largest absolute Gasteiger partial charge is 0.356 e. The van der Waals surface area contributed by atoms with Gasteiger partial charge in [0.2, 0.25) is 5.91 Å². The van der Waals surface area contributed by atoms with Gasteiger partial charge >= 0.3 is 0 Å². The van der Waals surface area contributed by atoms with Gasteiger partial charge in [-0.1, -0.05) is 50.2 Å². The molecule has 0 aromatic heterocycles. The molecule has 5 heteroatoms. The van der Waals surface area contributed by atoms with Crippen molar-refractivity contribution in [3.8, 4) is 0 Å². The normalized spacial score (nSPS) is 12.7. The minimum absolute atomic E-state index is 0.0746. The van der Waals surface area contributed by atoms with Crippen molar-refractivity contribution < 1.29 is 14.4 Å². The Morgan fingerprint density at radius 1 is 0.893 bits per heavy atom. The van der Waals surface area contributed by atoms with Crippen LogP contribution in [0.2, 0.25) is 0 Å². The van der Waals surface area contributed by atoms with Gasteiger partial charge in [0, 0.05) is 28.8 Å². The third-order valence-electron chi connectivity index (χ3n) is 5.22. The van der Waals surface area contributed by atoms with E-state index in [-0.39, 0.29) is 23.9 Å². The summed E-state index contributed by atoms with van der Waals surface area (Å²) in [5.41, 5.74) is 2.40. The van der Waals surface area contributed by atoms with Crippen LogP contribution in [0.25, 0.3) is 0 Å². The SMILES string of the molecule is CCN(CC)CCCNC(=O)Cc1ccc2c(c1)C(=O)c1ccccc1C2=O. The summed E-state index contributed by atoms with van der Waals surface area (Å²) in [6.07, 6.45) is 1.10. The molecule has 0 aliphatic heterocycles. The zero-order valence-electron chi connectivity index (χ0n) is 16.5. The van der Waals surface area contributed by atoms with Crippen LogP contribution in [0.4, 0.5) is 0 Å². The molecule has 0 fully saturated rings. The fourth-order valence-electron chi connectivity index (χ4n) is 3.57. The van der Waals surface area contributed by atoms with E-state index in [9.17, 15) is 14.4 Å². The quantitative estimate of drug-likeness (QED) is 0.612. The van der Waals surface area contributed by atoms with Crippen molar-refractivity contribution in [3.05, 3.63) is 70.3 Å². The van der Waals surface area contributed by atoms with Gasteiger partial charge in [-0.2, -0.15) is 0 Å². The molecule has 146 valence electrons. The highest BCUT2D eigenvalue weighted by atomic mass is 16.2. The average molecular weight is 378 g/mol. The number of ketones is 2. The lowest BCUT2D eigenvalue weighted by atomic mass is 9.83. The first-order chi connectivity index (χ1) is 13.5. The van der Waals surface area contributed by atoms with Gasteiger partial charge in [0.15, 0.2) is 11.6 Å². The zero-order chi connectivity index (χ0) is 20.1. The molecule has 1 aliphatic rings. The van der Waals surface area contributed by atoms with E-state index in [2.05, 4.69) is 24.1 Å². The summed E-state index contributed by atoms with van der Waals surface area (Å²) in [5.74, 6) is -0.376. The van der Waals surface area contributed by atoms with E-state index in [1.807, 2.05) is 0 Å². The maximum Gasteiger partial charge on any atom is 0.224 e. The maximum absolute atomic E-state index is 12.8. The summed E-state index contributed by atoms with van der Waals surface area (Å²) in [5, 5.41) is 2.93. The molecule has 0 saturated carbocycles. The van der Waals surface area contributed by atoms with Crippen molar-refractivity contribution in [3.63, 3.8) is 0 Å². The van der Waals surface area contributed by atoms with E-state index in [0.29, 0.717) is 28.8 Å². The van der Waals surface area contributed by atoms with Crippen molar-refractivity contribution in [2.75, 3.05) is 26.2 Å². The minimum Gasteiger partial charge on any atom is -0.356 e. The number of fused-ring (bicyclic) bond motifs is 2. The molecule has 0 bridgehead atoms. The summed E-state index contributed by atoms with van der Waals surface area (Å²) in [6.45, 7) is 7.86. The Morgan fingerprint density at radius 3 is 2.14 bits per heavy atom. The van der Waals surface area contributed by atoms with Crippen LogP contribution in [0, 0.1) is 0 Å². The summed E-state index contributed by atoms with van der Waals surface area (Å²) in [6, 6.07) is 12.0. The van der Waals surface area contributed by atoms with E-state index in [0.717, 1.165) is 31.6 Å². The van der Waals surface area contributed by atoms with Gasteiger partial charge in [0.25, 0.3) is 0 Å². The number of nitrogens with zero attached hydrogens (tertiary/aromatic N) is 1. The number of rotatable bonds is 8. The van der Waals surface area contributed by atoms with Crippen LogP contribution in [0.3, 0.4) is 0 Å². The van der Waals surface area contributed by atoms with Crippen LogP contribution in [0.1, 0.15) is 57.7 Å². The Labute approximate surface area is 165 Å². The van der Waals surface area contributed by atoms with Crippen LogP contribution in [0.5, 0.6) is 0 Å². The Balaban J connectivity index is 1.63. The van der Waals surface area contributed by atoms with Crippen molar-refractivity contribution in [2.45, 2.75) is 26.7 Å². The summed E-state index contributed by atoms with van der Waals surface area (Å²) < 4.78 is 0. The number of amides is 1. The predicted octanol–water partition coefficient (Wildman–Crippen LogP) is 2.85. The molecule has 0 spiro atoms. The lowest BCUT2D eigenvalue weighted by molar-refractivity contribution is -0.120. The topological polar surface area (TPSA) is 66.5 Å². The van der Waals surface area contributed by atoms with E-state index >= 15 is 0 Å². The van der Waals surface area contributed by atoms with E-state index in [1.165, 1.54) is 0 Å². The van der Waals surface area contributed by atoms with Crippen molar-refractivity contribution in [1.82, 2.24) is 10.2 Å². The van der Waals surface area contributed by atoms with Crippen LogP contribution >= 0.6 is 0 Å². The first-order valence-electron chi connectivity index (χ1n) is 9.85. The highest BCUT2D eigenvalue weighted by Crippen LogP contribution is 2.27. The molecule has 2 aromatic carbocycles. The highest BCUT2D eigenvalue weighted by Gasteiger charge is 2.29. The van der Waals surface area contributed by atoms with Crippen LogP contribution in [0.15, 0.2) is 42.5 Å². The molecule has 0 saturated heterocycles. The smallest absolute Gasteiger partial charge is 0.224 e. The third kappa shape index (κ3) is 4.20. The molecular formula is C23H26N2O3. The van der Waals surface area contributed by atoms with Crippen LogP contribution in [-0.2, 0) is 11.2 Å². The molecule has 0 radical (unpaired) electrons. The summed E-state index contributed by atoms with van der Waals surface area (Å²) >= 11 is 0. The predicted molar refractivity (Wildman–Crippen MR) is 109 cm³/mol. The first-order valence-corrected chi connectivity index (χ1v) is 9.85. The molecule has 28 heavy (non-hydrogen) atoms. The van der Waals surface area contributed by atoms with Gasteiger partial charge in [0.05, 0.1) is 6.42 Å². The zero-order valence-corrected chi connectivity index (χ0v) is 16.5. The van der Waals surface area contributed by atoms with Crippen molar-refractivity contribution >= 4 is 17.5 Å². The third-order valence-corrected chi connectivity index (χ3v) is 5.22. The number of hydrogen-bond acceptors (Lipinski definition) is 4. The number of carbonyl (C=O) groups is 3. The molecule has 1 N–H and O–H groups in total. The lowest BCUT2D eigenvalue weighted by Crippen LogP contribution is -2.30. The first kappa shape index (κ1) is 20.0. The van der Waals surface area contributed by atoms with E-state index in [1.54, 1.807) is 42.5 Å². The fraction of sp³-hybridized carbons (Fsp3) is 0.348. The number of nitrogens with one attached hydrogen (secondary N) is 1. The minimum atomic E-state index is -0.160. The monoisotopic (exact) mass is 378 g/mol. The average Bonchev–Trinajstić information content (AvgIpc) is 2.72. The molecule has 3 rings (SSSR count). The highest BCUT2D eigenvalue weighted by molar-refractivity contribution is 6.28. The Hall–Kier alpha value is -2.79. The second-order valence-electron chi connectivity index (χ2n) is 6.99. The number of benzene rings is 2. The van der Waals surface area contributed by atoms with Gasteiger partial charge < -0.3 is 10.2 Å². The van der Waals surface area contributed by atoms with E-state index in [4.69, 9.17) is 0 Å². The second kappa shape index (κ2) is 8.93. The molecule has 0 heterocycles. The molecule has 0 unspecified atom stereocenters. The number of carbonyl (C=O) groups excluding carboxylic acids is 3. The fourth-order valence-corrected chi connectivity index (χ4v) is 3.57. The Bertz CT molecular complexity index is 900. The standard InChI is InChI=1S/C23H26N2O3/c1-3-25(4-2)13-7-12-24-21(26)15-16-10-11-19-20(14-16)23(28)18-9-6-5-8-17(18)22(19)27/h5-6,8-11,14H,3-4,7,12-13,15H2,1-2H3,(H,24,26). The Kier molecular flexibility index (Phi) is 6.37. The molecule has 2 aromatic rings. The van der Waals surface area contributed by atoms with Crippen LogP contribution in [-0.4, -0.2) is 48.6 Å². The summed E-state index contributed by atoms with van der Waals surface area (Å²) in [7, 11) is 0. The van der Waals surface area contributed by atoms with Gasteiger partial charge in [-0.15, -0.1) is 0 Å². The van der Waals surface area contributed by atoms with Gasteiger partial charge in [0.1, 0.15) is 0 Å². The summed E-state index contributed by atoms with van der Waals surface area (Å²) in [4.78, 5) is 39.9. The molecule has 0 atom stereocenters. The van der Waals surface area contributed by atoms with Crippen molar-refractivity contribution in [2.24, 2.45) is 0 Å². The number of hydrogen-bond donors (Lipinski definition) is 1. The lowest BCUT2D eigenvalue weighted by Gasteiger charge is -2.18. The van der Waals surface area contributed by atoms with Gasteiger partial charge in [-0.3, -0.25) is 14.4 Å². The van der Waals surface area contributed by atoms with Gasteiger partial charge in [-0.05, 0) is 37.7 Å². The van der Waals surface area contributed by atoms with Crippen LogP contribution < -0.4 is 5.32 Å². The maximum atomic E-state index is 12.8. The van der Waals surface area contributed by atoms with Crippen molar-refractivity contribution in [1.29, 1.82) is 0 Å². The Morgan fingerprint density at radius 2 is 1.50 bits per heavy atom. The van der Waals surface area contributed by atoms with E-state index < -0.39 is 0 Å². The second-order valence-corrected chi connectivity index (χ2v) is 6.99. The van der Waals surface area contributed by atoms with Gasteiger partial charge in [-0.25, -0.2) is 0 Å². The molecule has 1 aliphatic carbocycles. The molecule has 5 nitrogen and oxygen atoms in total. The molecular weight excluding hydrogens is 352 g/mol. The molecule has 1 amide bonds.